The monoisotopic (exact) mass is 619 g/mol. The Kier molecular flexibility index (Phi) is 7.43. The van der Waals surface area contributed by atoms with Gasteiger partial charge in [0.2, 0.25) is 0 Å². The van der Waals surface area contributed by atoms with Gasteiger partial charge in [0.05, 0.1) is 24.1 Å². The highest BCUT2D eigenvalue weighted by Gasteiger charge is 2.92. The predicted octanol–water partition coefficient (Wildman–Crippen LogP) is 8.15. The first-order valence-electron chi connectivity index (χ1n) is 17.7. The summed E-state index contributed by atoms with van der Waals surface area (Å²) in [6.45, 7) is 24.6. The lowest BCUT2D eigenvalue weighted by Crippen LogP contribution is -2.50. The van der Waals surface area contributed by atoms with Gasteiger partial charge in [0.15, 0.2) is 5.82 Å². The first kappa shape index (κ1) is 31.4. The van der Waals surface area contributed by atoms with Crippen molar-refractivity contribution in [3.63, 3.8) is 0 Å². The van der Waals surface area contributed by atoms with Crippen molar-refractivity contribution >= 4 is 11.5 Å². The molecule has 1 aliphatic heterocycles. The molecule has 3 saturated carbocycles. The second kappa shape index (κ2) is 10.9. The number of nitrogens with zero attached hydrogens (tertiary/aromatic N) is 5. The Bertz CT molecular complexity index is 1630. The van der Waals surface area contributed by atoms with Gasteiger partial charge < -0.3 is 0 Å². The van der Waals surface area contributed by atoms with Gasteiger partial charge in [-0.3, -0.25) is 10.2 Å². The molecule has 0 aromatic carbocycles. The number of aryl methyl sites for hydroxylation is 2. The van der Waals surface area contributed by atoms with E-state index in [0.717, 1.165) is 65.4 Å². The predicted molar refractivity (Wildman–Crippen MR) is 188 cm³/mol. The van der Waals surface area contributed by atoms with Crippen LogP contribution < -0.4 is 9.88 Å². The molecule has 1 saturated heterocycles. The highest BCUT2D eigenvalue weighted by atomic mass is 15.3. The Morgan fingerprint density at radius 1 is 1.09 bits per heavy atom. The molecule has 0 radical (unpaired) electrons. The Morgan fingerprint density at radius 3 is 2.50 bits per heavy atom. The molecule has 3 aliphatic carbocycles. The molecule has 46 heavy (non-hydrogen) atoms. The molecule has 0 bridgehead atoms. The summed E-state index contributed by atoms with van der Waals surface area (Å²) in [7, 11) is 0. The van der Waals surface area contributed by atoms with Crippen molar-refractivity contribution in [2.75, 3.05) is 18.4 Å². The van der Waals surface area contributed by atoms with Crippen molar-refractivity contribution in [1.82, 2.24) is 19.7 Å². The summed E-state index contributed by atoms with van der Waals surface area (Å²) in [5.74, 6) is 2.55. The van der Waals surface area contributed by atoms with Crippen LogP contribution in [0.5, 0.6) is 0 Å². The van der Waals surface area contributed by atoms with Crippen LogP contribution in [0.1, 0.15) is 103 Å². The topological polar surface area (TPSA) is 49.9 Å². The molecule has 6 nitrogen and oxygen atoms in total. The maximum atomic E-state index is 4.97. The minimum absolute atomic E-state index is 0.000316. The van der Waals surface area contributed by atoms with Crippen molar-refractivity contribution in [3.8, 4) is 5.82 Å². The summed E-state index contributed by atoms with van der Waals surface area (Å²) < 4.78 is 4.09. The third-order valence-electron chi connectivity index (χ3n) is 13.0. The van der Waals surface area contributed by atoms with E-state index in [1.165, 1.54) is 50.6 Å². The van der Waals surface area contributed by atoms with E-state index in [0.29, 0.717) is 11.3 Å². The number of fused-ring (bicyclic) bond motifs is 1. The molecule has 4 fully saturated rings. The molecule has 4 heterocycles. The van der Waals surface area contributed by atoms with Crippen molar-refractivity contribution in [2.45, 2.75) is 110 Å². The van der Waals surface area contributed by atoms with Gasteiger partial charge in [-0.2, -0.15) is 5.10 Å². The number of hydrogen-bond acceptors (Lipinski definition) is 4. The highest BCUT2D eigenvalue weighted by Crippen LogP contribution is 2.99. The molecular formula is C40H55N6+. The Balaban J connectivity index is 0.960. The van der Waals surface area contributed by atoms with Gasteiger partial charge in [-0.15, -0.1) is 6.58 Å². The van der Waals surface area contributed by atoms with Gasteiger partial charge in [-0.05, 0) is 139 Å². The van der Waals surface area contributed by atoms with Crippen LogP contribution >= 0.6 is 0 Å². The van der Waals surface area contributed by atoms with Crippen LogP contribution in [0.15, 0.2) is 68.0 Å². The fraction of sp³-hybridized carbons (Fsp3) is 0.575. The number of rotatable bonds is 13. The fourth-order valence-corrected chi connectivity index (χ4v) is 10.2. The first-order valence-corrected chi connectivity index (χ1v) is 17.7. The van der Waals surface area contributed by atoms with Crippen LogP contribution in [0.4, 0.5) is 5.82 Å². The van der Waals surface area contributed by atoms with E-state index < -0.39 is 0 Å². The van der Waals surface area contributed by atoms with E-state index in [9.17, 15) is 0 Å². The average molecular weight is 620 g/mol. The molecule has 4 aliphatic rings. The zero-order chi connectivity index (χ0) is 32.5. The lowest BCUT2D eigenvalue weighted by Gasteiger charge is -2.42. The quantitative estimate of drug-likeness (QED) is 0.155. The largest absolute Gasteiger partial charge is 0.289 e. The Hall–Kier alpha value is -3.25. The van der Waals surface area contributed by atoms with E-state index in [1.54, 1.807) is 0 Å². The van der Waals surface area contributed by atoms with E-state index in [4.69, 9.17) is 10.1 Å². The summed E-state index contributed by atoms with van der Waals surface area (Å²) in [4.78, 5) is 7.59. The van der Waals surface area contributed by atoms with Crippen LogP contribution in [0.25, 0.3) is 11.5 Å². The smallest absolute Gasteiger partial charge is 0.279 e. The van der Waals surface area contributed by atoms with Gasteiger partial charge in [-0.1, -0.05) is 25.6 Å². The number of aromatic nitrogens is 4. The molecule has 244 valence electrons. The van der Waals surface area contributed by atoms with E-state index in [2.05, 4.69) is 124 Å². The van der Waals surface area contributed by atoms with Crippen LogP contribution in [0.3, 0.4) is 0 Å². The highest BCUT2D eigenvalue weighted by molar-refractivity contribution is 5.60. The number of likely N-dealkylation sites (tertiary alicyclic amines) is 1. The number of anilines is 1. The van der Waals surface area contributed by atoms with Gasteiger partial charge in [-0.25, -0.2) is 14.2 Å². The minimum atomic E-state index is 0.000316. The summed E-state index contributed by atoms with van der Waals surface area (Å²) in [5, 5.41) is 8.64. The molecule has 1 unspecified atom stereocenters. The Morgan fingerprint density at radius 2 is 1.83 bits per heavy atom. The number of pyridine rings is 2. The van der Waals surface area contributed by atoms with Gasteiger partial charge in [0.25, 0.3) is 5.82 Å². The normalized spacial score (nSPS) is 23.0. The standard InChI is InChI=1S/C40H54N6/c1-9-36(4,5)46-28-31(27-37(46,6)7)17-24-41-34-14-10-11-25-44(34)30(3)33-15-16-35(42-29(33)2)45-26-18-32(43-45)13-12-19-38(8)39(20-21-39)40(38)22-23-40/h9-11,14-16,18,25-26,31H,1,3,12-13,17,19-24,27-28H2,2,4-8H3/p+1. The average Bonchev–Trinajstić information content (AvgIpc) is 3.97. The van der Waals surface area contributed by atoms with Crippen LogP contribution in [0.2, 0.25) is 0 Å². The number of nitrogens with one attached hydrogen (secondary N) is 1. The van der Waals surface area contributed by atoms with Gasteiger partial charge in [0.1, 0.15) is 5.70 Å². The first-order chi connectivity index (χ1) is 21.9. The van der Waals surface area contributed by atoms with Crippen LogP contribution in [-0.4, -0.2) is 43.8 Å². The van der Waals surface area contributed by atoms with Gasteiger partial charge in [0, 0.05) is 35.4 Å². The van der Waals surface area contributed by atoms with E-state index >= 15 is 0 Å². The van der Waals surface area contributed by atoms with Crippen LogP contribution in [-0.2, 0) is 6.42 Å². The molecule has 1 N–H and O–H groups in total. The summed E-state index contributed by atoms with van der Waals surface area (Å²) in [6.07, 6.45) is 18.1. The molecule has 3 aromatic heterocycles. The lowest BCUT2D eigenvalue weighted by molar-refractivity contribution is -0.563. The third kappa shape index (κ3) is 4.98. The second-order valence-electron chi connectivity index (χ2n) is 16.4. The Labute approximate surface area is 277 Å². The number of hydrogen-bond donors (Lipinski definition) is 1. The summed E-state index contributed by atoms with van der Waals surface area (Å²) in [5.41, 5.74) is 6.36. The van der Waals surface area contributed by atoms with Crippen molar-refractivity contribution in [1.29, 1.82) is 0 Å². The molecule has 2 spiro atoms. The lowest BCUT2D eigenvalue weighted by atomic mass is 9.92. The van der Waals surface area contributed by atoms with Crippen molar-refractivity contribution < 1.29 is 4.57 Å². The molecular weight excluding hydrogens is 564 g/mol. The zero-order valence-electron chi connectivity index (χ0n) is 29.2. The van der Waals surface area contributed by atoms with Crippen LogP contribution in [0, 0.1) is 29.1 Å². The van der Waals surface area contributed by atoms with Crippen molar-refractivity contribution in [3.05, 3.63) is 85.0 Å². The van der Waals surface area contributed by atoms with Crippen molar-refractivity contribution in [2.24, 2.45) is 22.2 Å². The maximum Gasteiger partial charge on any atom is 0.279 e. The molecule has 0 amide bonds. The minimum Gasteiger partial charge on any atom is -0.289 e. The van der Waals surface area contributed by atoms with Gasteiger partial charge >= 0.3 is 0 Å². The maximum absolute atomic E-state index is 4.97. The van der Waals surface area contributed by atoms with E-state index in [1.807, 2.05) is 4.68 Å². The molecule has 6 heteroatoms. The third-order valence-corrected chi connectivity index (χ3v) is 13.0. The second-order valence-corrected chi connectivity index (χ2v) is 16.4. The molecule has 7 rings (SSSR count). The fourth-order valence-electron chi connectivity index (χ4n) is 10.2. The summed E-state index contributed by atoms with van der Waals surface area (Å²) in [6, 6.07) is 12.7. The zero-order valence-corrected chi connectivity index (χ0v) is 29.2. The molecule has 1 atom stereocenters. The molecule has 3 aromatic rings. The van der Waals surface area contributed by atoms with E-state index in [-0.39, 0.29) is 11.1 Å². The SMILES string of the molecule is C=CC(C)(C)N1CC(CCNc2cccc[n+]2C(=C)c2ccc(-n3ccc(CCCC4(C)C5(CC5)C45CC5)n3)nc2C)CC1(C)C. The summed E-state index contributed by atoms with van der Waals surface area (Å²) >= 11 is 0.